The first kappa shape index (κ1) is 20.0. The number of hydrogen-bond acceptors (Lipinski definition) is 4. The van der Waals surface area contributed by atoms with Gasteiger partial charge in [0.15, 0.2) is 0 Å². The summed E-state index contributed by atoms with van der Waals surface area (Å²) in [5.41, 5.74) is 4.69. The van der Waals surface area contributed by atoms with Gasteiger partial charge in [0, 0.05) is 58.4 Å². The number of benzene rings is 1. The fourth-order valence-corrected chi connectivity index (χ4v) is 4.54. The minimum Gasteiger partial charge on any atom is -0.497 e. The van der Waals surface area contributed by atoms with Gasteiger partial charge in [-0.1, -0.05) is 12.1 Å². The zero-order valence-electron chi connectivity index (χ0n) is 17.9. The molecule has 0 N–H and O–H groups in total. The summed E-state index contributed by atoms with van der Waals surface area (Å²) in [7, 11) is 5.89. The van der Waals surface area contributed by atoms with Crippen LogP contribution < -0.4 is 4.74 Å². The summed E-state index contributed by atoms with van der Waals surface area (Å²) in [6.45, 7) is 6.46. The van der Waals surface area contributed by atoms with Crippen LogP contribution in [0.3, 0.4) is 0 Å². The number of methoxy groups -OCH3 is 1. The van der Waals surface area contributed by atoms with Gasteiger partial charge in [-0.05, 0) is 49.3 Å². The van der Waals surface area contributed by atoms with Crippen molar-refractivity contribution in [1.29, 1.82) is 0 Å². The van der Waals surface area contributed by atoms with Crippen molar-refractivity contribution in [3.05, 3.63) is 52.8 Å². The highest BCUT2D eigenvalue weighted by Gasteiger charge is 2.26. The van der Waals surface area contributed by atoms with E-state index < -0.39 is 0 Å². The molecular formula is C23H32N4O2. The lowest BCUT2D eigenvalue weighted by Crippen LogP contribution is -2.35. The summed E-state index contributed by atoms with van der Waals surface area (Å²) in [5.74, 6) is 1.08. The molecule has 0 unspecified atom stereocenters. The van der Waals surface area contributed by atoms with Crippen LogP contribution in [0.4, 0.5) is 0 Å². The largest absolute Gasteiger partial charge is 0.497 e. The van der Waals surface area contributed by atoms with Crippen LogP contribution in [0.25, 0.3) is 0 Å². The van der Waals surface area contributed by atoms with E-state index in [9.17, 15) is 4.79 Å². The molecule has 2 aliphatic rings. The highest BCUT2D eigenvalue weighted by atomic mass is 16.5. The average molecular weight is 397 g/mol. The molecule has 156 valence electrons. The van der Waals surface area contributed by atoms with Gasteiger partial charge >= 0.3 is 0 Å². The molecule has 0 atom stereocenters. The third-order valence-corrected chi connectivity index (χ3v) is 6.27. The SMILES string of the molecule is COc1cccc(CN2CCc3c(cc(C(=O)N4CCCN(C)CC4)n3C)C2)c1. The highest BCUT2D eigenvalue weighted by Crippen LogP contribution is 2.25. The summed E-state index contributed by atoms with van der Waals surface area (Å²) in [4.78, 5) is 20.0. The molecule has 2 aromatic rings. The van der Waals surface area contributed by atoms with E-state index in [0.29, 0.717) is 0 Å². The first-order valence-corrected chi connectivity index (χ1v) is 10.6. The molecular weight excluding hydrogens is 364 g/mol. The zero-order chi connectivity index (χ0) is 20.4. The molecule has 1 aromatic carbocycles. The fraction of sp³-hybridized carbons (Fsp3) is 0.522. The van der Waals surface area contributed by atoms with E-state index in [1.54, 1.807) is 7.11 Å². The van der Waals surface area contributed by atoms with Crippen LogP contribution in [0, 0.1) is 0 Å². The maximum absolute atomic E-state index is 13.2. The van der Waals surface area contributed by atoms with Crippen molar-refractivity contribution in [3.63, 3.8) is 0 Å². The zero-order valence-corrected chi connectivity index (χ0v) is 17.9. The third-order valence-electron chi connectivity index (χ3n) is 6.27. The molecule has 0 saturated carbocycles. The first-order valence-electron chi connectivity index (χ1n) is 10.6. The van der Waals surface area contributed by atoms with Gasteiger partial charge in [-0.2, -0.15) is 0 Å². The number of fused-ring (bicyclic) bond motifs is 1. The van der Waals surface area contributed by atoms with Crippen molar-refractivity contribution in [2.24, 2.45) is 7.05 Å². The van der Waals surface area contributed by atoms with E-state index in [0.717, 1.165) is 70.1 Å². The first-order chi connectivity index (χ1) is 14.0. The minimum atomic E-state index is 0.177. The van der Waals surface area contributed by atoms with Gasteiger partial charge in [0.05, 0.1) is 7.11 Å². The van der Waals surface area contributed by atoms with E-state index in [4.69, 9.17) is 4.74 Å². The average Bonchev–Trinajstić information content (AvgIpc) is 2.90. The molecule has 0 radical (unpaired) electrons. The van der Waals surface area contributed by atoms with E-state index in [-0.39, 0.29) is 5.91 Å². The van der Waals surface area contributed by atoms with Gasteiger partial charge in [-0.3, -0.25) is 9.69 Å². The van der Waals surface area contributed by atoms with Crippen LogP contribution in [-0.2, 0) is 26.6 Å². The lowest BCUT2D eigenvalue weighted by Gasteiger charge is -2.27. The maximum Gasteiger partial charge on any atom is 0.270 e. The topological polar surface area (TPSA) is 41.0 Å². The van der Waals surface area contributed by atoms with Crippen molar-refractivity contribution in [2.75, 3.05) is 46.9 Å². The van der Waals surface area contributed by atoms with Gasteiger partial charge in [0.1, 0.15) is 11.4 Å². The minimum absolute atomic E-state index is 0.177. The van der Waals surface area contributed by atoms with Crippen molar-refractivity contribution in [2.45, 2.75) is 25.9 Å². The van der Waals surface area contributed by atoms with Gasteiger partial charge in [-0.25, -0.2) is 0 Å². The quantitative estimate of drug-likeness (QED) is 0.796. The number of hydrogen-bond donors (Lipinski definition) is 0. The number of ether oxygens (including phenoxy) is 1. The van der Waals surface area contributed by atoms with Gasteiger partial charge in [0.2, 0.25) is 0 Å². The Morgan fingerprint density at radius 2 is 1.93 bits per heavy atom. The van der Waals surface area contributed by atoms with Crippen LogP contribution in [0.5, 0.6) is 5.75 Å². The van der Waals surface area contributed by atoms with Crippen LogP contribution in [0.1, 0.15) is 33.7 Å². The maximum atomic E-state index is 13.2. The third kappa shape index (κ3) is 4.33. The Kier molecular flexibility index (Phi) is 5.92. The normalized spacial score (nSPS) is 18.4. The van der Waals surface area contributed by atoms with Crippen molar-refractivity contribution < 1.29 is 9.53 Å². The number of carbonyl (C=O) groups excluding carboxylic acids is 1. The standard InChI is InChI=1S/C23H32N4O2/c1-24-9-5-10-27(13-12-24)23(28)22-15-19-17-26(11-8-21(19)25(22)2)16-18-6-4-7-20(14-18)29-3/h4,6-7,14-15H,5,8-13,16-17H2,1-3H3. The summed E-state index contributed by atoms with van der Waals surface area (Å²) in [5, 5.41) is 0. The van der Waals surface area contributed by atoms with Crippen LogP contribution >= 0.6 is 0 Å². The number of rotatable bonds is 4. The van der Waals surface area contributed by atoms with Crippen LogP contribution in [0.15, 0.2) is 30.3 Å². The van der Waals surface area contributed by atoms with Gasteiger partial charge in [0.25, 0.3) is 5.91 Å². The Labute approximate surface area is 173 Å². The Balaban J connectivity index is 1.47. The monoisotopic (exact) mass is 396 g/mol. The number of aromatic nitrogens is 1. The van der Waals surface area contributed by atoms with Crippen LogP contribution in [0.2, 0.25) is 0 Å². The molecule has 0 bridgehead atoms. The van der Waals surface area contributed by atoms with Crippen molar-refractivity contribution >= 4 is 5.91 Å². The predicted octanol–water partition coefficient (Wildman–Crippen LogP) is 2.37. The van der Waals surface area contributed by atoms with Crippen LogP contribution in [-0.4, -0.2) is 72.1 Å². The lowest BCUT2D eigenvalue weighted by molar-refractivity contribution is 0.0753. The second-order valence-corrected chi connectivity index (χ2v) is 8.32. The summed E-state index contributed by atoms with van der Waals surface area (Å²) >= 11 is 0. The Hall–Kier alpha value is -2.31. The molecule has 1 saturated heterocycles. The second kappa shape index (κ2) is 8.59. The van der Waals surface area contributed by atoms with Gasteiger partial charge in [-0.15, -0.1) is 0 Å². The molecule has 3 heterocycles. The highest BCUT2D eigenvalue weighted by molar-refractivity contribution is 5.93. The molecule has 1 amide bonds. The number of nitrogens with zero attached hydrogens (tertiary/aromatic N) is 4. The van der Waals surface area contributed by atoms with E-state index in [1.807, 2.05) is 24.1 Å². The summed E-state index contributed by atoms with van der Waals surface area (Å²) in [6, 6.07) is 10.4. The Morgan fingerprint density at radius 1 is 1.07 bits per heavy atom. The Morgan fingerprint density at radius 3 is 2.76 bits per heavy atom. The molecule has 6 nitrogen and oxygen atoms in total. The number of amides is 1. The molecule has 4 rings (SSSR count). The smallest absolute Gasteiger partial charge is 0.270 e. The van der Waals surface area contributed by atoms with Crippen molar-refractivity contribution in [1.82, 2.24) is 19.3 Å². The lowest BCUT2D eigenvalue weighted by atomic mass is 10.1. The Bertz CT molecular complexity index is 876. The van der Waals surface area contributed by atoms with E-state index in [1.165, 1.54) is 16.8 Å². The second-order valence-electron chi connectivity index (χ2n) is 8.32. The molecule has 0 aliphatic carbocycles. The van der Waals surface area contributed by atoms with E-state index in [2.05, 4.69) is 39.6 Å². The molecule has 2 aliphatic heterocycles. The summed E-state index contributed by atoms with van der Waals surface area (Å²) < 4.78 is 7.49. The predicted molar refractivity (Wildman–Crippen MR) is 114 cm³/mol. The fourth-order valence-electron chi connectivity index (χ4n) is 4.54. The number of carbonyl (C=O) groups is 1. The molecule has 0 spiro atoms. The summed E-state index contributed by atoms with van der Waals surface area (Å²) in [6.07, 6.45) is 2.02. The molecule has 29 heavy (non-hydrogen) atoms. The van der Waals surface area contributed by atoms with Gasteiger partial charge < -0.3 is 19.1 Å². The molecule has 1 aromatic heterocycles. The molecule has 1 fully saturated rings. The molecule has 6 heteroatoms. The van der Waals surface area contributed by atoms with Crippen molar-refractivity contribution in [3.8, 4) is 5.75 Å². The number of likely N-dealkylation sites (N-methyl/N-ethyl adjacent to an activating group) is 1. The van der Waals surface area contributed by atoms with E-state index >= 15 is 0 Å².